The first-order valence-corrected chi connectivity index (χ1v) is 5.25. The van der Waals surface area contributed by atoms with Crippen LogP contribution in [0.1, 0.15) is 6.92 Å². The maximum absolute atomic E-state index is 5.01. The van der Waals surface area contributed by atoms with Crippen LogP contribution in [0, 0.1) is 0 Å². The number of nitrogens with zero attached hydrogens (tertiary/aromatic N) is 1. The molecular formula is C9H10INO. The van der Waals surface area contributed by atoms with Crippen molar-refractivity contribution in [3.63, 3.8) is 0 Å². The molecule has 1 aromatic heterocycles. The van der Waals surface area contributed by atoms with Crippen molar-refractivity contribution >= 4 is 33.7 Å². The van der Waals surface area contributed by atoms with Gasteiger partial charge in [-0.2, -0.15) is 0 Å². The van der Waals surface area contributed by atoms with Crippen LogP contribution >= 0.6 is 22.6 Å². The van der Waals surface area contributed by atoms with Crippen molar-refractivity contribution in [3.8, 4) is 0 Å². The average Bonchev–Trinajstić information content (AvgIpc) is 2.52. The number of fused-ring (bicyclic) bond motifs is 1. The minimum atomic E-state index is 0.845. The molecule has 0 aliphatic rings. The summed E-state index contributed by atoms with van der Waals surface area (Å²) < 4.78 is 6.23. The predicted molar refractivity (Wildman–Crippen MR) is 58.6 cm³/mol. The zero-order chi connectivity index (χ0) is 8.81. The number of alkyl halides is 1. The summed E-state index contributed by atoms with van der Waals surface area (Å²) in [5, 5.41) is 0. The first-order valence-electron chi connectivity index (χ1n) is 3.72. The molecular weight excluding hydrogens is 265 g/mol. The lowest BCUT2D eigenvalue weighted by Crippen LogP contribution is -1.61. The van der Waals surface area contributed by atoms with Gasteiger partial charge >= 0.3 is 0 Å². The lowest BCUT2D eigenvalue weighted by molar-refractivity contribution is 0.602. The minimum Gasteiger partial charge on any atom is -0.443 e. The van der Waals surface area contributed by atoms with Gasteiger partial charge in [0.25, 0.3) is 0 Å². The van der Waals surface area contributed by atoms with Gasteiger partial charge in [-0.3, -0.25) is 0 Å². The topological polar surface area (TPSA) is 26.0 Å². The fraction of sp³-hybridized carbons (Fsp3) is 0.222. The summed E-state index contributed by atoms with van der Waals surface area (Å²) in [6.07, 6.45) is 1.45. The summed E-state index contributed by atoms with van der Waals surface area (Å²) >= 11 is 2.29. The Balaban J connectivity index is 0.000000213. The van der Waals surface area contributed by atoms with Crippen molar-refractivity contribution in [2.24, 2.45) is 0 Å². The average molecular weight is 275 g/mol. The van der Waals surface area contributed by atoms with Crippen LogP contribution in [0.25, 0.3) is 11.1 Å². The molecule has 0 radical (unpaired) electrons. The Hall–Kier alpha value is -0.580. The van der Waals surface area contributed by atoms with Crippen LogP contribution in [0.2, 0.25) is 0 Å². The second kappa shape index (κ2) is 5.13. The largest absolute Gasteiger partial charge is 0.443 e. The molecule has 0 aliphatic heterocycles. The van der Waals surface area contributed by atoms with Gasteiger partial charge < -0.3 is 4.42 Å². The summed E-state index contributed by atoms with van der Waals surface area (Å²) in [5.74, 6) is 0. The molecule has 0 atom stereocenters. The summed E-state index contributed by atoms with van der Waals surface area (Å²) in [7, 11) is 0. The molecule has 0 unspecified atom stereocenters. The van der Waals surface area contributed by atoms with Gasteiger partial charge in [0.05, 0.1) is 0 Å². The van der Waals surface area contributed by atoms with Gasteiger partial charge in [0.15, 0.2) is 12.0 Å². The highest BCUT2D eigenvalue weighted by Crippen LogP contribution is 2.09. The lowest BCUT2D eigenvalue weighted by atomic mass is 10.3. The number of oxazole rings is 1. The number of hydrogen-bond acceptors (Lipinski definition) is 2. The fourth-order valence-corrected chi connectivity index (χ4v) is 0.803. The number of aromatic nitrogens is 1. The van der Waals surface area contributed by atoms with E-state index in [1.807, 2.05) is 24.3 Å². The van der Waals surface area contributed by atoms with Crippen LogP contribution in [0.3, 0.4) is 0 Å². The van der Waals surface area contributed by atoms with Crippen LogP contribution < -0.4 is 0 Å². The number of halogens is 1. The van der Waals surface area contributed by atoms with Gasteiger partial charge in [-0.25, -0.2) is 4.98 Å². The number of hydrogen-bond donors (Lipinski definition) is 0. The third-order valence-electron chi connectivity index (χ3n) is 1.24. The number of rotatable bonds is 0. The van der Waals surface area contributed by atoms with E-state index in [9.17, 15) is 0 Å². The molecule has 0 fully saturated rings. The van der Waals surface area contributed by atoms with E-state index >= 15 is 0 Å². The second-order valence-corrected chi connectivity index (χ2v) is 3.61. The first kappa shape index (κ1) is 9.51. The Labute approximate surface area is 85.1 Å². The summed E-state index contributed by atoms with van der Waals surface area (Å²) in [6, 6.07) is 7.67. The predicted octanol–water partition coefficient (Wildman–Crippen LogP) is 3.27. The molecule has 64 valence electrons. The molecule has 3 heteroatoms. The van der Waals surface area contributed by atoms with E-state index in [0.29, 0.717) is 0 Å². The third-order valence-corrected chi connectivity index (χ3v) is 1.24. The van der Waals surface area contributed by atoms with Crippen LogP contribution in [-0.2, 0) is 0 Å². The van der Waals surface area contributed by atoms with Gasteiger partial charge in [-0.1, -0.05) is 41.6 Å². The van der Waals surface area contributed by atoms with Gasteiger partial charge in [0.1, 0.15) is 5.52 Å². The Morgan fingerprint density at radius 1 is 1.42 bits per heavy atom. The number of para-hydroxylation sites is 2. The zero-order valence-corrected chi connectivity index (χ0v) is 8.98. The van der Waals surface area contributed by atoms with Gasteiger partial charge in [0, 0.05) is 0 Å². The van der Waals surface area contributed by atoms with Crippen molar-refractivity contribution in [3.05, 3.63) is 30.7 Å². The highest BCUT2D eigenvalue weighted by molar-refractivity contribution is 14.1. The molecule has 0 saturated heterocycles. The molecule has 0 amide bonds. The molecule has 12 heavy (non-hydrogen) atoms. The van der Waals surface area contributed by atoms with Crippen molar-refractivity contribution in [1.29, 1.82) is 0 Å². The quantitative estimate of drug-likeness (QED) is 0.544. The maximum Gasteiger partial charge on any atom is 0.181 e. The molecule has 2 nitrogen and oxygen atoms in total. The maximum atomic E-state index is 5.01. The van der Waals surface area contributed by atoms with Crippen LogP contribution in [0.4, 0.5) is 0 Å². The molecule has 0 spiro atoms. The Morgan fingerprint density at radius 2 is 2.08 bits per heavy atom. The van der Waals surface area contributed by atoms with Gasteiger partial charge in [0.2, 0.25) is 0 Å². The SMILES string of the molecule is CCI.c1ccc2ocnc2c1. The van der Waals surface area contributed by atoms with Crippen molar-refractivity contribution < 1.29 is 4.42 Å². The number of benzene rings is 1. The first-order chi connectivity index (χ1) is 5.88. The molecule has 1 heterocycles. The lowest BCUT2D eigenvalue weighted by Gasteiger charge is -1.79. The summed E-state index contributed by atoms with van der Waals surface area (Å²) in [6.45, 7) is 2.11. The van der Waals surface area contributed by atoms with Gasteiger partial charge in [-0.15, -0.1) is 0 Å². The standard InChI is InChI=1S/C7H5NO.C2H5I/c1-2-4-7-6(3-1)8-5-9-7;1-2-3/h1-5H;2H2,1H3. The van der Waals surface area contributed by atoms with Crippen LogP contribution in [0.15, 0.2) is 35.1 Å². The molecule has 0 N–H and O–H groups in total. The molecule has 2 rings (SSSR count). The second-order valence-electron chi connectivity index (χ2n) is 2.09. The van der Waals surface area contributed by atoms with E-state index in [2.05, 4.69) is 34.5 Å². The highest BCUT2D eigenvalue weighted by atomic mass is 127. The molecule has 0 saturated carbocycles. The van der Waals surface area contributed by atoms with Crippen molar-refractivity contribution in [1.82, 2.24) is 4.98 Å². The zero-order valence-electron chi connectivity index (χ0n) is 6.83. The van der Waals surface area contributed by atoms with E-state index in [1.165, 1.54) is 10.8 Å². The molecule has 2 aromatic rings. The van der Waals surface area contributed by atoms with E-state index in [-0.39, 0.29) is 0 Å². The molecule has 0 bridgehead atoms. The fourth-order valence-electron chi connectivity index (χ4n) is 0.803. The minimum absolute atomic E-state index is 0.845. The Morgan fingerprint density at radius 3 is 2.75 bits per heavy atom. The van der Waals surface area contributed by atoms with E-state index in [4.69, 9.17) is 4.42 Å². The molecule has 1 aromatic carbocycles. The monoisotopic (exact) mass is 275 g/mol. The Bertz CT molecular complexity index is 302. The summed E-state index contributed by atoms with van der Waals surface area (Å²) in [4.78, 5) is 3.95. The third kappa shape index (κ3) is 2.48. The van der Waals surface area contributed by atoms with Gasteiger partial charge in [-0.05, 0) is 16.6 Å². The highest BCUT2D eigenvalue weighted by Gasteiger charge is 1.91. The van der Waals surface area contributed by atoms with E-state index in [0.717, 1.165) is 11.1 Å². The van der Waals surface area contributed by atoms with Crippen LogP contribution in [-0.4, -0.2) is 9.41 Å². The van der Waals surface area contributed by atoms with Crippen molar-refractivity contribution in [2.45, 2.75) is 6.92 Å². The van der Waals surface area contributed by atoms with E-state index in [1.54, 1.807) is 0 Å². The smallest absolute Gasteiger partial charge is 0.181 e. The van der Waals surface area contributed by atoms with Crippen LogP contribution in [0.5, 0.6) is 0 Å². The molecule has 0 aliphatic carbocycles. The normalized spacial score (nSPS) is 9.17. The van der Waals surface area contributed by atoms with Crippen molar-refractivity contribution in [2.75, 3.05) is 4.43 Å². The summed E-state index contributed by atoms with van der Waals surface area (Å²) in [5.41, 5.74) is 1.76. The van der Waals surface area contributed by atoms with E-state index < -0.39 is 0 Å². The Kier molecular flexibility index (Phi) is 4.07.